The number of esters is 1. The number of ether oxygens (including phenoxy) is 1. The molecular formula is C17H10F3N3O3S. The summed E-state index contributed by atoms with van der Waals surface area (Å²) in [7, 11) is 0. The molecule has 3 rings (SSSR count). The number of carbonyl (C=O) groups is 2. The van der Waals surface area contributed by atoms with Gasteiger partial charge in [0.15, 0.2) is 5.01 Å². The number of hydrogen-bond acceptors (Lipinski definition) is 6. The monoisotopic (exact) mass is 393 g/mol. The van der Waals surface area contributed by atoms with Crippen molar-refractivity contribution in [3.63, 3.8) is 0 Å². The highest BCUT2D eigenvalue weighted by atomic mass is 32.1. The number of nitrogens with one attached hydrogen (secondary N) is 1. The van der Waals surface area contributed by atoms with E-state index in [0.29, 0.717) is 11.3 Å². The first-order valence-electron chi connectivity index (χ1n) is 7.40. The molecule has 2 heterocycles. The van der Waals surface area contributed by atoms with Crippen LogP contribution < -0.4 is 10.1 Å². The van der Waals surface area contributed by atoms with Crippen LogP contribution >= 0.6 is 11.3 Å². The van der Waals surface area contributed by atoms with Crippen molar-refractivity contribution in [1.82, 2.24) is 9.97 Å². The van der Waals surface area contributed by atoms with Crippen molar-refractivity contribution in [3.8, 4) is 5.75 Å². The molecule has 0 aliphatic carbocycles. The van der Waals surface area contributed by atoms with Crippen LogP contribution in [0.3, 0.4) is 0 Å². The summed E-state index contributed by atoms with van der Waals surface area (Å²) in [6.45, 7) is 0. The summed E-state index contributed by atoms with van der Waals surface area (Å²) < 4.78 is 42.7. The average Bonchev–Trinajstić information content (AvgIpc) is 3.12. The van der Waals surface area contributed by atoms with Crippen LogP contribution in [0.5, 0.6) is 5.75 Å². The Bertz CT molecular complexity index is 957. The van der Waals surface area contributed by atoms with E-state index in [9.17, 15) is 22.8 Å². The zero-order valence-corrected chi connectivity index (χ0v) is 14.2. The van der Waals surface area contributed by atoms with Gasteiger partial charge in [0.25, 0.3) is 5.91 Å². The lowest BCUT2D eigenvalue weighted by molar-refractivity contribution is -0.137. The maximum absolute atomic E-state index is 12.5. The van der Waals surface area contributed by atoms with E-state index in [1.54, 1.807) is 12.1 Å². The molecule has 0 saturated carbocycles. The number of amides is 1. The molecule has 10 heteroatoms. The fourth-order valence-electron chi connectivity index (χ4n) is 1.97. The van der Waals surface area contributed by atoms with Crippen LogP contribution in [0.15, 0.2) is 54.0 Å². The second-order valence-electron chi connectivity index (χ2n) is 5.12. The molecular weight excluding hydrogens is 383 g/mol. The van der Waals surface area contributed by atoms with Crippen molar-refractivity contribution in [1.29, 1.82) is 0 Å². The Morgan fingerprint density at radius 2 is 1.81 bits per heavy atom. The fraction of sp³-hybridized carbons (Fsp3) is 0.0588. The molecule has 1 amide bonds. The predicted octanol–water partition coefficient (Wildman–Crippen LogP) is 4.03. The minimum absolute atomic E-state index is 0.128. The van der Waals surface area contributed by atoms with Crippen LogP contribution in [0.1, 0.15) is 25.9 Å². The van der Waals surface area contributed by atoms with E-state index in [0.717, 1.165) is 5.38 Å². The van der Waals surface area contributed by atoms with Gasteiger partial charge in [0.05, 0.1) is 0 Å². The number of aromatic nitrogens is 2. The average molecular weight is 393 g/mol. The van der Waals surface area contributed by atoms with Crippen LogP contribution in [0.2, 0.25) is 0 Å². The lowest BCUT2D eigenvalue weighted by Gasteiger charge is -2.06. The van der Waals surface area contributed by atoms with E-state index in [1.807, 2.05) is 0 Å². The van der Waals surface area contributed by atoms with Gasteiger partial charge in [-0.05, 0) is 36.4 Å². The number of thiazole rings is 1. The van der Waals surface area contributed by atoms with Gasteiger partial charge >= 0.3 is 12.1 Å². The van der Waals surface area contributed by atoms with Gasteiger partial charge in [-0.3, -0.25) is 4.79 Å². The SMILES string of the molecule is O=C(Nc1csc(C(F)(F)F)n1)c1ccc(OC(=O)c2ccccn2)cc1. The number of alkyl halides is 3. The highest BCUT2D eigenvalue weighted by Gasteiger charge is 2.34. The van der Waals surface area contributed by atoms with Crippen molar-refractivity contribution in [3.05, 3.63) is 70.3 Å². The van der Waals surface area contributed by atoms with Gasteiger partial charge in [-0.25, -0.2) is 14.8 Å². The number of benzene rings is 1. The Balaban J connectivity index is 1.63. The molecule has 2 aromatic heterocycles. The number of rotatable bonds is 4. The number of halogens is 3. The van der Waals surface area contributed by atoms with Gasteiger partial charge in [-0.15, -0.1) is 11.3 Å². The zero-order valence-electron chi connectivity index (χ0n) is 13.4. The minimum atomic E-state index is -4.56. The molecule has 3 aromatic rings. The third-order valence-electron chi connectivity index (χ3n) is 3.19. The maximum Gasteiger partial charge on any atom is 0.443 e. The van der Waals surface area contributed by atoms with E-state index in [1.165, 1.54) is 36.5 Å². The normalized spacial score (nSPS) is 11.1. The Kier molecular flexibility index (Phi) is 5.17. The molecule has 0 fully saturated rings. The summed E-state index contributed by atoms with van der Waals surface area (Å²) in [6.07, 6.45) is -3.11. The van der Waals surface area contributed by atoms with Crippen molar-refractivity contribution in [2.45, 2.75) is 6.18 Å². The second-order valence-corrected chi connectivity index (χ2v) is 5.98. The molecule has 0 saturated heterocycles. The molecule has 6 nitrogen and oxygen atoms in total. The standard InChI is InChI=1S/C17H10F3N3O3S/c18-17(19,20)16-23-13(9-27-16)22-14(24)10-4-6-11(7-5-10)26-15(25)12-3-1-2-8-21-12/h1-9H,(H,22,24). The second kappa shape index (κ2) is 7.54. The summed E-state index contributed by atoms with van der Waals surface area (Å²) in [5.74, 6) is -1.30. The van der Waals surface area contributed by atoms with E-state index in [2.05, 4.69) is 15.3 Å². The third-order valence-corrected chi connectivity index (χ3v) is 4.08. The molecule has 0 radical (unpaired) electrons. The summed E-state index contributed by atoms with van der Waals surface area (Å²) in [5.41, 5.74) is 0.289. The maximum atomic E-state index is 12.5. The Morgan fingerprint density at radius 3 is 2.41 bits per heavy atom. The third kappa shape index (κ3) is 4.67. The molecule has 1 aromatic carbocycles. The van der Waals surface area contributed by atoms with Crippen molar-refractivity contribution in [2.75, 3.05) is 5.32 Å². The smallest absolute Gasteiger partial charge is 0.422 e. The van der Waals surface area contributed by atoms with Crippen molar-refractivity contribution >= 4 is 29.0 Å². The van der Waals surface area contributed by atoms with Crippen LogP contribution in [0.25, 0.3) is 0 Å². The van der Waals surface area contributed by atoms with Crippen LogP contribution in [0.4, 0.5) is 19.0 Å². The Labute approximate surface area is 154 Å². The lowest BCUT2D eigenvalue weighted by Crippen LogP contribution is -2.13. The first-order chi connectivity index (χ1) is 12.8. The van der Waals surface area contributed by atoms with Gasteiger partial charge in [-0.2, -0.15) is 13.2 Å². The van der Waals surface area contributed by atoms with Gasteiger partial charge in [-0.1, -0.05) is 6.07 Å². The lowest BCUT2D eigenvalue weighted by atomic mass is 10.2. The number of hydrogen-bond donors (Lipinski definition) is 1. The largest absolute Gasteiger partial charge is 0.443 e. The first-order valence-corrected chi connectivity index (χ1v) is 8.28. The molecule has 0 atom stereocenters. The molecule has 27 heavy (non-hydrogen) atoms. The van der Waals surface area contributed by atoms with Gasteiger partial charge in [0.1, 0.15) is 17.3 Å². The number of nitrogens with zero attached hydrogens (tertiary/aromatic N) is 2. The highest BCUT2D eigenvalue weighted by Crippen LogP contribution is 2.32. The molecule has 138 valence electrons. The van der Waals surface area contributed by atoms with E-state index >= 15 is 0 Å². The first kappa shape index (κ1) is 18.5. The number of carbonyl (C=O) groups excluding carboxylic acids is 2. The van der Waals surface area contributed by atoms with Gasteiger partial charge in [0.2, 0.25) is 0 Å². The van der Waals surface area contributed by atoms with E-state index in [4.69, 9.17) is 4.74 Å². The molecule has 0 unspecified atom stereocenters. The zero-order chi connectivity index (χ0) is 19.4. The molecule has 1 N–H and O–H groups in total. The molecule has 0 bridgehead atoms. The van der Waals surface area contributed by atoms with Crippen molar-refractivity contribution in [2.24, 2.45) is 0 Å². The summed E-state index contributed by atoms with van der Waals surface area (Å²) in [5, 5.41) is 2.33. The summed E-state index contributed by atoms with van der Waals surface area (Å²) in [4.78, 5) is 31.2. The van der Waals surface area contributed by atoms with Crippen LogP contribution in [-0.2, 0) is 6.18 Å². The minimum Gasteiger partial charge on any atom is -0.422 e. The van der Waals surface area contributed by atoms with Gasteiger partial charge in [0, 0.05) is 17.1 Å². The van der Waals surface area contributed by atoms with Crippen LogP contribution in [-0.4, -0.2) is 21.8 Å². The Hall–Kier alpha value is -3.27. The predicted molar refractivity (Wildman–Crippen MR) is 90.7 cm³/mol. The van der Waals surface area contributed by atoms with E-state index < -0.39 is 23.1 Å². The molecule has 0 spiro atoms. The number of pyridine rings is 1. The van der Waals surface area contributed by atoms with Gasteiger partial charge < -0.3 is 10.1 Å². The van der Waals surface area contributed by atoms with E-state index in [-0.39, 0.29) is 22.8 Å². The van der Waals surface area contributed by atoms with Crippen LogP contribution in [0, 0.1) is 0 Å². The van der Waals surface area contributed by atoms with Crippen molar-refractivity contribution < 1.29 is 27.5 Å². The Morgan fingerprint density at radius 1 is 1.07 bits per heavy atom. The fourth-order valence-corrected chi connectivity index (χ4v) is 2.59. The summed E-state index contributed by atoms with van der Waals surface area (Å²) >= 11 is 0.387. The summed E-state index contributed by atoms with van der Waals surface area (Å²) in [6, 6.07) is 10.3. The quantitative estimate of drug-likeness (QED) is 0.535. The number of anilines is 1. The molecule has 0 aliphatic rings. The highest BCUT2D eigenvalue weighted by molar-refractivity contribution is 7.10. The topological polar surface area (TPSA) is 81.2 Å². The molecule has 0 aliphatic heterocycles.